The lowest BCUT2D eigenvalue weighted by atomic mass is 9.97. The van der Waals surface area contributed by atoms with E-state index in [9.17, 15) is 43.2 Å². The van der Waals surface area contributed by atoms with Gasteiger partial charge in [-0.15, -0.1) is 0 Å². The highest BCUT2D eigenvalue weighted by molar-refractivity contribution is 7.49. The number of hydrogen-bond acceptors (Lipinski definition) is 25. The Labute approximate surface area is 572 Å². The molecule has 10 atom stereocenters. The average molecular weight is 1390 g/mol. The summed E-state index contributed by atoms with van der Waals surface area (Å²) in [4.78, 5) is 125. The van der Waals surface area contributed by atoms with Crippen LogP contribution in [0, 0.1) is 0 Å². The summed E-state index contributed by atoms with van der Waals surface area (Å²) in [5, 5.41) is 0. The van der Waals surface area contributed by atoms with Crippen molar-refractivity contribution in [2.75, 3.05) is 39.6 Å². The fraction of sp³-hybridized carbons (Fsp3) is 0.230. The van der Waals surface area contributed by atoms with Gasteiger partial charge in [-0.1, -0.05) is 146 Å². The number of carbonyl (C=O) groups excluding carboxylic acids is 9. The number of carbonyl (C=O) groups is 9. The van der Waals surface area contributed by atoms with Gasteiger partial charge in [0.2, 0.25) is 6.29 Å². The minimum absolute atomic E-state index is 0.0162. The largest absolute Gasteiger partial charge is 0.594 e. The summed E-state index contributed by atoms with van der Waals surface area (Å²) in [5.74, 6) is -9.29. The van der Waals surface area contributed by atoms with Gasteiger partial charge in [0.25, 0.3) is 0 Å². The van der Waals surface area contributed by atoms with Crippen LogP contribution in [0.1, 0.15) is 89.8 Å². The van der Waals surface area contributed by atoms with Gasteiger partial charge in [0.15, 0.2) is 42.9 Å². The van der Waals surface area contributed by atoms with Gasteiger partial charge in [0.05, 0.1) is 77.5 Å². The van der Waals surface area contributed by atoms with Gasteiger partial charge in [0.1, 0.15) is 18.8 Å². The van der Waals surface area contributed by atoms with Crippen molar-refractivity contribution in [2.24, 2.45) is 0 Å². The van der Waals surface area contributed by atoms with Crippen LogP contribution in [0.3, 0.4) is 0 Å². The van der Waals surface area contributed by atoms with Gasteiger partial charge in [-0.25, -0.2) is 47.4 Å². The molecule has 8 aromatic rings. The maximum absolute atomic E-state index is 15.4. The fourth-order valence-electron chi connectivity index (χ4n) is 10.2. The predicted octanol–water partition coefficient (Wildman–Crippen LogP) is 10.2. The second kappa shape index (κ2) is 35.5. The molecule has 0 unspecified atom stereocenters. The van der Waals surface area contributed by atoms with E-state index in [2.05, 4.69) is 0 Å². The molecule has 0 spiro atoms. The number of phosphoric ester groups is 1. The first kappa shape index (κ1) is 71.7. The Morgan fingerprint density at radius 3 is 0.850 bits per heavy atom. The van der Waals surface area contributed by atoms with Crippen molar-refractivity contribution in [3.05, 3.63) is 287 Å². The number of esters is 7. The molecule has 8 aromatic carbocycles. The molecular weight excluding hydrogens is 1320 g/mol. The van der Waals surface area contributed by atoms with E-state index >= 15 is 4.57 Å². The topological polar surface area (TPSA) is 309 Å². The highest BCUT2D eigenvalue weighted by Crippen LogP contribution is 2.54. The van der Waals surface area contributed by atoms with E-state index < -0.39 is 143 Å². The van der Waals surface area contributed by atoms with Crippen molar-refractivity contribution < 1.29 is 118 Å². The number of rotatable bonds is 29. The summed E-state index contributed by atoms with van der Waals surface area (Å²) in [6, 6.07) is 60.1. The lowest BCUT2D eigenvalue weighted by Crippen LogP contribution is -2.63. The van der Waals surface area contributed by atoms with Crippen molar-refractivity contribution in [1.29, 1.82) is 0 Å². The van der Waals surface area contributed by atoms with Gasteiger partial charge in [-0.2, -0.15) is 0 Å². The maximum atomic E-state index is 15.4. The third-order valence-electron chi connectivity index (χ3n) is 14.9. The van der Waals surface area contributed by atoms with Crippen LogP contribution in [0.4, 0.5) is 0 Å². The third-order valence-corrected chi connectivity index (χ3v) is 16.2. The smallest absolute Gasteiger partial charge is 0.463 e. The van der Waals surface area contributed by atoms with Crippen LogP contribution < -0.4 is 0 Å². The van der Waals surface area contributed by atoms with Crippen molar-refractivity contribution >= 4 is 61.5 Å². The monoisotopic (exact) mass is 1380 g/mol. The Balaban J connectivity index is 0.981. The molecule has 0 bridgehead atoms. The molecule has 2 aliphatic rings. The molecule has 2 saturated heterocycles. The summed E-state index contributed by atoms with van der Waals surface area (Å²) in [6.07, 6.45) is -18.4. The Morgan fingerprint density at radius 2 is 0.560 bits per heavy atom. The van der Waals surface area contributed by atoms with Crippen LogP contribution in [0.15, 0.2) is 243 Å². The predicted molar refractivity (Wildman–Crippen MR) is 348 cm³/mol. The van der Waals surface area contributed by atoms with E-state index in [1.807, 2.05) is 0 Å². The number of ether oxygens (including phenoxy) is 12. The number of benzene rings is 8. The summed E-state index contributed by atoms with van der Waals surface area (Å²) < 4.78 is 106. The highest BCUT2D eigenvalue weighted by atomic mass is 31.2. The molecule has 10 rings (SSSR count). The Morgan fingerprint density at radius 1 is 0.310 bits per heavy atom. The lowest BCUT2D eigenvalue weighted by Gasteiger charge is -2.44. The minimum atomic E-state index is -5.73. The van der Waals surface area contributed by atoms with Crippen LogP contribution in [-0.4, -0.2) is 155 Å². The third kappa shape index (κ3) is 19.9. The normalized spacial score (nSPS) is 20.2. The standard InChI is InChI=1S/C74H65O25P/c1-48(75)87-44-45-88-73-63(95-69(80)53-34-18-6-19-35-53)61(93-67(78)51-30-14-4-15-31-51)59(91-65(76)49-26-10-2-11-27-49)57(89-73)46-85-42-43-86-47-58-60(92-66(77)50-28-12-3-13-29-50)62(94-68(79)52-32-16-5-17-33-52)64(96-70(81)54-36-20-7-21-37-54)74(90-58)99-100(84,97-71(82)55-38-22-8-23-39-55)98-72(83)56-40-24-9-25-41-56/h2-41,57-64,73-74H,42-47H2,1H3/t57-,58+,59+,60-,61+,62-,63-,64+,73-,74-/m1/s1. The zero-order valence-electron chi connectivity index (χ0n) is 53.3. The van der Waals surface area contributed by atoms with E-state index in [1.54, 1.807) is 97.1 Å². The highest BCUT2D eigenvalue weighted by Gasteiger charge is 2.57. The molecule has 2 aliphatic heterocycles. The van der Waals surface area contributed by atoms with Gasteiger partial charge in [0, 0.05) is 6.92 Å². The van der Waals surface area contributed by atoms with Crippen LogP contribution in [0.5, 0.6) is 0 Å². The molecule has 0 aliphatic carbocycles. The van der Waals surface area contributed by atoms with Gasteiger partial charge in [-0.3, -0.25) is 4.79 Å². The van der Waals surface area contributed by atoms with Gasteiger partial charge >= 0.3 is 61.5 Å². The van der Waals surface area contributed by atoms with E-state index in [-0.39, 0.29) is 64.3 Å². The van der Waals surface area contributed by atoms with E-state index in [1.165, 1.54) is 153 Å². The second-order valence-electron chi connectivity index (χ2n) is 21.9. The SMILES string of the molecule is CC(=O)OCCO[C@@H]1O[C@H](COCCOC[C@@H]2O[C@H](OP(=O)(OC(=O)c3ccccc3)OC(=O)c3ccccc3)[C@@H](OC(=O)c3ccccc3)[C@H](OC(=O)c3ccccc3)[C@@H]2OC(=O)c2ccccc2)[C@H](OC(=O)c2ccccc2)[C@H](OC(=O)c2ccccc2)[C@H]1OC(=O)c1ccccc1. The molecule has 25 nitrogen and oxygen atoms in total. The van der Waals surface area contributed by atoms with Crippen LogP contribution in [0.2, 0.25) is 0 Å². The summed E-state index contributed by atoms with van der Waals surface area (Å²) in [5.41, 5.74) is -0.324. The molecule has 0 radical (unpaired) electrons. The zero-order chi connectivity index (χ0) is 70.2. The molecular formula is C74H65O25P. The lowest BCUT2D eigenvalue weighted by molar-refractivity contribution is -0.301. The van der Waals surface area contributed by atoms with E-state index in [4.69, 9.17) is 70.4 Å². The van der Waals surface area contributed by atoms with Crippen molar-refractivity contribution in [3.8, 4) is 0 Å². The molecule has 100 heavy (non-hydrogen) atoms. The quantitative estimate of drug-likeness (QED) is 0.0182. The molecule has 0 N–H and O–H groups in total. The molecule has 0 saturated carbocycles. The first-order valence-electron chi connectivity index (χ1n) is 31.2. The number of hydrogen-bond donors (Lipinski definition) is 0. The maximum Gasteiger partial charge on any atom is 0.594 e. The Kier molecular flexibility index (Phi) is 25.5. The average Bonchev–Trinajstić information content (AvgIpc) is 0.779. The van der Waals surface area contributed by atoms with Gasteiger partial charge < -0.3 is 65.9 Å². The molecule has 26 heteroatoms. The van der Waals surface area contributed by atoms with E-state index in [0.717, 1.165) is 0 Å². The summed E-state index contributed by atoms with van der Waals surface area (Å²) in [6.45, 7) is -1.52. The molecule has 0 aromatic heterocycles. The molecule has 516 valence electrons. The molecule has 2 heterocycles. The van der Waals surface area contributed by atoms with Crippen LogP contribution in [0.25, 0.3) is 0 Å². The first-order valence-corrected chi connectivity index (χ1v) is 32.7. The second-order valence-corrected chi connectivity index (χ2v) is 23.4. The fourth-order valence-corrected chi connectivity index (χ4v) is 11.3. The summed E-state index contributed by atoms with van der Waals surface area (Å²) in [7, 11) is -5.73. The van der Waals surface area contributed by atoms with Crippen molar-refractivity contribution in [3.63, 3.8) is 0 Å². The summed E-state index contributed by atoms with van der Waals surface area (Å²) >= 11 is 0. The zero-order valence-corrected chi connectivity index (χ0v) is 54.2. The molecule has 2 fully saturated rings. The first-order chi connectivity index (χ1) is 48.6. The van der Waals surface area contributed by atoms with Gasteiger partial charge in [-0.05, 0) is 97.1 Å². The molecule has 0 amide bonds. The number of phosphoric acid groups is 1. The van der Waals surface area contributed by atoms with E-state index in [0.29, 0.717) is 0 Å². The minimum Gasteiger partial charge on any atom is -0.463 e. The Hall–Kier alpha value is -11.0. The van der Waals surface area contributed by atoms with Crippen molar-refractivity contribution in [2.45, 2.75) is 68.3 Å². The van der Waals surface area contributed by atoms with Crippen LogP contribution in [-0.2, 0) is 79.8 Å². The van der Waals surface area contributed by atoms with Crippen molar-refractivity contribution in [1.82, 2.24) is 0 Å². The Bertz CT molecular complexity index is 4030. The van der Waals surface area contributed by atoms with Crippen LogP contribution >= 0.6 is 7.82 Å².